The second kappa shape index (κ2) is 6.68. The Kier molecular flexibility index (Phi) is 5.80. The van der Waals surface area contributed by atoms with E-state index < -0.39 is 27.4 Å². The largest absolute Gasteiger partial charge is 0.478 e. The second-order valence-electron chi connectivity index (χ2n) is 7.29. The summed E-state index contributed by atoms with van der Waals surface area (Å²) in [7, 11) is -3.86. The lowest BCUT2D eigenvalue weighted by atomic mass is 10.1. The van der Waals surface area contributed by atoms with Crippen LogP contribution in [-0.4, -0.2) is 43.8 Å². The number of esters is 1. The minimum absolute atomic E-state index is 0.103. The van der Waals surface area contributed by atoms with Crippen LogP contribution in [0.15, 0.2) is 12.2 Å². The van der Waals surface area contributed by atoms with Crippen LogP contribution in [0, 0.1) is 0 Å². The molecule has 0 aliphatic carbocycles. The topological polar surface area (TPSA) is 72.8 Å². The monoisotopic (exact) mass is 344 g/mol. The molecule has 0 bridgehead atoms. The number of rotatable bonds is 5. The SMILES string of the molecule is CCC(OC(=O)C=CC(=O)O)[Si]1(C)CCC(C)(C)O[Si]1(C)C. The molecule has 7 heteroatoms. The van der Waals surface area contributed by atoms with Crippen LogP contribution in [0.5, 0.6) is 0 Å². The van der Waals surface area contributed by atoms with Crippen LogP contribution in [0.1, 0.15) is 33.6 Å². The molecule has 0 aromatic rings. The van der Waals surface area contributed by atoms with Crippen molar-refractivity contribution in [3.63, 3.8) is 0 Å². The lowest BCUT2D eigenvalue weighted by Crippen LogP contribution is -2.71. The summed E-state index contributed by atoms with van der Waals surface area (Å²) in [6, 6.07) is 1.08. The van der Waals surface area contributed by atoms with Crippen molar-refractivity contribution in [3.05, 3.63) is 12.2 Å². The Balaban J connectivity index is 2.93. The van der Waals surface area contributed by atoms with E-state index in [9.17, 15) is 9.59 Å². The van der Waals surface area contributed by atoms with Gasteiger partial charge in [0.1, 0.15) is 7.59 Å². The number of carbonyl (C=O) groups is 2. The third-order valence-corrected chi connectivity index (χ3v) is 22.2. The summed E-state index contributed by atoms with van der Waals surface area (Å²) in [5, 5.41) is 8.59. The summed E-state index contributed by atoms with van der Waals surface area (Å²) in [6.45, 7) is 13.0. The van der Waals surface area contributed by atoms with Crippen molar-refractivity contribution in [2.45, 2.75) is 70.6 Å². The van der Waals surface area contributed by atoms with Gasteiger partial charge in [0, 0.05) is 12.2 Å². The van der Waals surface area contributed by atoms with Crippen molar-refractivity contribution in [1.82, 2.24) is 0 Å². The highest BCUT2D eigenvalue weighted by Crippen LogP contribution is 2.41. The fourth-order valence-electron chi connectivity index (χ4n) is 3.25. The molecule has 2 unspecified atom stereocenters. The van der Waals surface area contributed by atoms with E-state index in [1.165, 1.54) is 0 Å². The summed E-state index contributed by atoms with van der Waals surface area (Å²) < 4.78 is 12.1. The third kappa shape index (κ3) is 4.30. The maximum Gasteiger partial charge on any atom is 0.330 e. The Morgan fingerprint density at radius 3 is 2.36 bits per heavy atom. The van der Waals surface area contributed by atoms with E-state index in [1.54, 1.807) is 0 Å². The highest BCUT2D eigenvalue weighted by molar-refractivity contribution is 7.39. The van der Waals surface area contributed by atoms with E-state index in [0.717, 1.165) is 31.0 Å². The van der Waals surface area contributed by atoms with Crippen LogP contribution in [0.25, 0.3) is 0 Å². The molecule has 5 nitrogen and oxygen atoms in total. The minimum Gasteiger partial charge on any atom is -0.478 e. The molecule has 0 spiro atoms. The van der Waals surface area contributed by atoms with E-state index in [-0.39, 0.29) is 11.3 Å². The van der Waals surface area contributed by atoms with E-state index in [1.807, 2.05) is 6.92 Å². The van der Waals surface area contributed by atoms with Gasteiger partial charge in [-0.05, 0) is 39.8 Å². The van der Waals surface area contributed by atoms with Crippen LogP contribution < -0.4 is 0 Å². The first-order chi connectivity index (χ1) is 9.93. The number of carboxylic acid groups (broad SMARTS) is 1. The predicted octanol–water partition coefficient (Wildman–Crippen LogP) is 3.05. The average Bonchev–Trinajstić information content (AvgIpc) is 2.37. The molecule has 1 N–H and O–H groups in total. The van der Waals surface area contributed by atoms with Gasteiger partial charge in [-0.25, -0.2) is 9.59 Å². The smallest absolute Gasteiger partial charge is 0.330 e. The average molecular weight is 345 g/mol. The molecule has 1 aliphatic heterocycles. The molecule has 1 rings (SSSR count). The van der Waals surface area contributed by atoms with Gasteiger partial charge in [0.25, 0.3) is 0 Å². The minimum atomic E-state index is -1.95. The third-order valence-electron chi connectivity index (χ3n) is 4.86. The highest BCUT2D eigenvalue weighted by Gasteiger charge is 2.58. The maximum absolute atomic E-state index is 11.9. The molecule has 1 saturated heterocycles. The Hall–Kier alpha value is -0.926. The molecular formula is C15H28O5Si2. The molecule has 126 valence electrons. The van der Waals surface area contributed by atoms with Gasteiger partial charge in [0.2, 0.25) is 0 Å². The van der Waals surface area contributed by atoms with Crippen molar-refractivity contribution in [2.24, 2.45) is 0 Å². The zero-order valence-electron chi connectivity index (χ0n) is 14.4. The summed E-state index contributed by atoms with van der Waals surface area (Å²) in [5.74, 6) is -1.72. The maximum atomic E-state index is 11.9. The van der Waals surface area contributed by atoms with Gasteiger partial charge < -0.3 is 14.3 Å². The quantitative estimate of drug-likeness (QED) is 0.471. The number of ether oxygens (including phenoxy) is 1. The Morgan fingerprint density at radius 2 is 1.91 bits per heavy atom. The zero-order valence-corrected chi connectivity index (χ0v) is 16.4. The Bertz CT molecular complexity index is 473. The van der Waals surface area contributed by atoms with E-state index in [0.29, 0.717) is 0 Å². The van der Waals surface area contributed by atoms with E-state index in [4.69, 9.17) is 14.3 Å². The van der Waals surface area contributed by atoms with Crippen LogP contribution in [0.3, 0.4) is 0 Å². The van der Waals surface area contributed by atoms with Gasteiger partial charge >= 0.3 is 11.9 Å². The van der Waals surface area contributed by atoms with Crippen LogP contribution >= 0.6 is 0 Å². The van der Waals surface area contributed by atoms with Gasteiger partial charge in [-0.2, -0.15) is 0 Å². The molecule has 1 aliphatic rings. The lowest BCUT2D eigenvalue weighted by molar-refractivity contribution is -0.140. The number of carbonyl (C=O) groups excluding carboxylic acids is 1. The summed E-state index contributed by atoms with van der Waals surface area (Å²) >= 11 is 0. The Labute approximate surface area is 134 Å². The van der Waals surface area contributed by atoms with E-state index >= 15 is 0 Å². The van der Waals surface area contributed by atoms with Crippen molar-refractivity contribution in [3.8, 4) is 0 Å². The molecule has 0 aromatic heterocycles. The summed E-state index contributed by atoms with van der Waals surface area (Å²) in [6.07, 6.45) is 3.54. The highest BCUT2D eigenvalue weighted by atomic mass is 29.3. The van der Waals surface area contributed by atoms with Gasteiger partial charge in [0.15, 0.2) is 7.83 Å². The van der Waals surface area contributed by atoms with Crippen LogP contribution in [0.2, 0.25) is 25.7 Å². The molecule has 0 aromatic carbocycles. The molecule has 2 atom stereocenters. The zero-order chi connectivity index (χ0) is 17.2. The van der Waals surface area contributed by atoms with Gasteiger partial charge in [-0.15, -0.1) is 0 Å². The molecule has 1 heterocycles. The summed E-state index contributed by atoms with van der Waals surface area (Å²) in [4.78, 5) is 22.4. The fourth-order valence-corrected chi connectivity index (χ4v) is 15.9. The number of hydrogen-bond donors (Lipinski definition) is 1. The molecule has 0 saturated carbocycles. The molecular weight excluding hydrogens is 316 g/mol. The first-order valence-electron chi connectivity index (χ1n) is 7.75. The van der Waals surface area contributed by atoms with Crippen molar-refractivity contribution in [2.75, 3.05) is 0 Å². The molecule has 1 fully saturated rings. The Morgan fingerprint density at radius 1 is 1.32 bits per heavy atom. The van der Waals surface area contributed by atoms with Crippen LogP contribution in [0.4, 0.5) is 0 Å². The molecule has 0 radical (unpaired) electrons. The second-order valence-corrected chi connectivity index (χ2v) is 21.5. The summed E-state index contributed by atoms with van der Waals surface area (Å²) in [5.41, 5.74) is -0.232. The normalized spacial score (nSPS) is 28.3. The standard InChI is InChI=1S/C15H28O5Si2/c1-7-14(19-13(18)9-8-12(16)17)22(6)11-10-15(2,3)20-21(22,4)5/h8-9,14H,7,10-11H2,1-6H3,(H,16,17). The van der Waals surface area contributed by atoms with Crippen LogP contribution in [-0.2, 0) is 18.8 Å². The lowest BCUT2D eigenvalue weighted by Gasteiger charge is -2.53. The van der Waals surface area contributed by atoms with Gasteiger partial charge in [-0.3, -0.25) is 0 Å². The molecule has 0 amide bonds. The first-order valence-corrected chi connectivity index (χ1v) is 14.4. The first kappa shape index (κ1) is 19.1. The number of aliphatic carboxylic acids is 1. The van der Waals surface area contributed by atoms with Crippen molar-refractivity contribution in [1.29, 1.82) is 0 Å². The fraction of sp³-hybridized carbons (Fsp3) is 0.733. The van der Waals surface area contributed by atoms with Gasteiger partial charge in [-0.1, -0.05) is 19.5 Å². The molecule has 22 heavy (non-hydrogen) atoms. The van der Waals surface area contributed by atoms with Gasteiger partial charge in [0.05, 0.1) is 11.3 Å². The number of carboxylic acids is 1. The van der Waals surface area contributed by atoms with E-state index in [2.05, 4.69) is 33.5 Å². The number of hydrogen-bond acceptors (Lipinski definition) is 4. The predicted molar refractivity (Wildman–Crippen MR) is 90.6 cm³/mol. The van der Waals surface area contributed by atoms with Crippen molar-refractivity contribution >= 4 is 27.4 Å². The van der Waals surface area contributed by atoms with Crippen molar-refractivity contribution < 1.29 is 23.9 Å².